The fourth-order valence-corrected chi connectivity index (χ4v) is 1.16. The molecule has 0 aliphatic rings. The third kappa shape index (κ3) is 3.72. The van der Waals surface area contributed by atoms with Gasteiger partial charge in [-0.1, -0.05) is 13.8 Å². The molecule has 1 amide bonds. The second-order valence-electron chi connectivity index (χ2n) is 3.67. The van der Waals surface area contributed by atoms with Gasteiger partial charge in [0.15, 0.2) is 0 Å². The molecular formula is C9H20N2O. The van der Waals surface area contributed by atoms with Gasteiger partial charge in [0.25, 0.3) is 0 Å². The van der Waals surface area contributed by atoms with Crippen molar-refractivity contribution in [3.05, 3.63) is 0 Å². The summed E-state index contributed by atoms with van der Waals surface area (Å²) in [6, 6.07) is 0. The molecule has 0 rings (SSSR count). The molecule has 0 saturated carbocycles. The van der Waals surface area contributed by atoms with E-state index in [0.717, 1.165) is 19.4 Å². The third-order valence-electron chi connectivity index (χ3n) is 2.07. The molecule has 0 aromatic carbocycles. The van der Waals surface area contributed by atoms with Crippen LogP contribution >= 0.6 is 0 Å². The average molecular weight is 172 g/mol. The summed E-state index contributed by atoms with van der Waals surface area (Å²) >= 11 is 0. The lowest BCUT2D eigenvalue weighted by atomic mass is 9.87. The lowest BCUT2D eigenvalue weighted by Crippen LogP contribution is -2.34. The van der Waals surface area contributed by atoms with Crippen LogP contribution in [0.15, 0.2) is 0 Å². The maximum Gasteiger partial charge on any atom is 0.225 e. The van der Waals surface area contributed by atoms with E-state index in [0.29, 0.717) is 0 Å². The molecule has 3 heteroatoms. The Morgan fingerprint density at radius 1 is 1.33 bits per heavy atom. The molecule has 0 spiro atoms. The van der Waals surface area contributed by atoms with Gasteiger partial charge in [0.1, 0.15) is 0 Å². The van der Waals surface area contributed by atoms with Crippen molar-refractivity contribution >= 4 is 5.91 Å². The van der Waals surface area contributed by atoms with E-state index < -0.39 is 0 Å². The Morgan fingerprint density at radius 2 is 1.92 bits per heavy atom. The molecule has 0 atom stereocenters. The highest BCUT2D eigenvalue weighted by Crippen LogP contribution is 2.21. The van der Waals surface area contributed by atoms with Crippen molar-refractivity contribution in [2.24, 2.45) is 5.41 Å². The Bertz CT molecular complexity index is 143. The smallest absolute Gasteiger partial charge is 0.225 e. The van der Waals surface area contributed by atoms with Crippen molar-refractivity contribution in [1.29, 1.82) is 0 Å². The van der Waals surface area contributed by atoms with Gasteiger partial charge in [0, 0.05) is 12.5 Å². The lowest BCUT2D eigenvalue weighted by molar-refractivity contribution is -0.129. The SMILES string of the molecule is CNCCCC(C)(C)C(=O)NC. The fraction of sp³-hybridized carbons (Fsp3) is 0.889. The standard InChI is InChI=1S/C9H20N2O/c1-9(2,8(12)11-4)6-5-7-10-3/h10H,5-7H2,1-4H3,(H,11,12). The molecular weight excluding hydrogens is 152 g/mol. The van der Waals surface area contributed by atoms with Crippen molar-refractivity contribution < 1.29 is 4.79 Å². The van der Waals surface area contributed by atoms with Crippen LogP contribution in [0.4, 0.5) is 0 Å². The molecule has 0 saturated heterocycles. The molecule has 72 valence electrons. The van der Waals surface area contributed by atoms with E-state index in [-0.39, 0.29) is 11.3 Å². The monoisotopic (exact) mass is 172 g/mol. The molecule has 0 aliphatic heterocycles. The number of hydrogen-bond acceptors (Lipinski definition) is 2. The van der Waals surface area contributed by atoms with Crippen molar-refractivity contribution in [2.75, 3.05) is 20.6 Å². The fourth-order valence-electron chi connectivity index (χ4n) is 1.16. The second kappa shape index (κ2) is 5.14. The number of nitrogens with one attached hydrogen (secondary N) is 2. The van der Waals surface area contributed by atoms with Gasteiger partial charge in [0.2, 0.25) is 5.91 Å². The summed E-state index contributed by atoms with van der Waals surface area (Å²) in [6.45, 7) is 4.92. The Hall–Kier alpha value is -0.570. The van der Waals surface area contributed by atoms with Gasteiger partial charge in [-0.3, -0.25) is 4.79 Å². The Labute approximate surface area is 74.9 Å². The lowest BCUT2D eigenvalue weighted by Gasteiger charge is -2.22. The molecule has 0 fully saturated rings. The van der Waals surface area contributed by atoms with E-state index in [2.05, 4.69) is 10.6 Å². The first-order chi connectivity index (χ1) is 5.54. The van der Waals surface area contributed by atoms with Crippen LogP contribution in [0, 0.1) is 5.41 Å². The number of rotatable bonds is 5. The summed E-state index contributed by atoms with van der Waals surface area (Å²) in [5.41, 5.74) is -0.231. The molecule has 0 unspecified atom stereocenters. The van der Waals surface area contributed by atoms with Gasteiger partial charge in [-0.25, -0.2) is 0 Å². The highest BCUT2D eigenvalue weighted by molar-refractivity contribution is 5.81. The summed E-state index contributed by atoms with van der Waals surface area (Å²) in [5.74, 6) is 0.124. The Balaban J connectivity index is 3.78. The molecule has 0 heterocycles. The molecule has 0 aliphatic carbocycles. The summed E-state index contributed by atoms with van der Waals surface area (Å²) in [5, 5.41) is 5.74. The number of hydrogen-bond donors (Lipinski definition) is 2. The Morgan fingerprint density at radius 3 is 2.33 bits per heavy atom. The van der Waals surface area contributed by atoms with Crippen LogP contribution in [-0.4, -0.2) is 26.5 Å². The van der Waals surface area contributed by atoms with Crippen LogP contribution in [0.1, 0.15) is 26.7 Å². The first-order valence-corrected chi connectivity index (χ1v) is 4.41. The molecule has 2 N–H and O–H groups in total. The second-order valence-corrected chi connectivity index (χ2v) is 3.67. The number of carbonyl (C=O) groups excluding carboxylic acids is 1. The van der Waals surface area contributed by atoms with E-state index in [1.807, 2.05) is 20.9 Å². The molecule has 0 aromatic heterocycles. The maximum absolute atomic E-state index is 11.3. The van der Waals surface area contributed by atoms with Gasteiger partial charge in [-0.05, 0) is 26.4 Å². The topological polar surface area (TPSA) is 41.1 Å². The van der Waals surface area contributed by atoms with Crippen LogP contribution < -0.4 is 10.6 Å². The van der Waals surface area contributed by atoms with Crippen molar-refractivity contribution in [3.8, 4) is 0 Å². The first-order valence-electron chi connectivity index (χ1n) is 4.41. The molecule has 0 radical (unpaired) electrons. The van der Waals surface area contributed by atoms with E-state index in [4.69, 9.17) is 0 Å². The minimum Gasteiger partial charge on any atom is -0.359 e. The molecule has 0 bridgehead atoms. The summed E-state index contributed by atoms with van der Waals surface area (Å²) in [4.78, 5) is 11.3. The Kier molecular flexibility index (Phi) is 4.90. The summed E-state index contributed by atoms with van der Waals surface area (Å²) in [7, 11) is 3.61. The number of carbonyl (C=O) groups is 1. The minimum atomic E-state index is -0.231. The van der Waals surface area contributed by atoms with E-state index in [9.17, 15) is 4.79 Å². The van der Waals surface area contributed by atoms with Crippen LogP contribution in [0.5, 0.6) is 0 Å². The number of amides is 1. The quantitative estimate of drug-likeness (QED) is 0.601. The van der Waals surface area contributed by atoms with Gasteiger partial charge in [-0.2, -0.15) is 0 Å². The van der Waals surface area contributed by atoms with Crippen LogP contribution in [-0.2, 0) is 4.79 Å². The normalized spacial score (nSPS) is 11.3. The zero-order valence-electron chi connectivity index (χ0n) is 8.53. The highest BCUT2D eigenvalue weighted by atomic mass is 16.2. The van der Waals surface area contributed by atoms with E-state index >= 15 is 0 Å². The predicted octanol–water partition coefficient (Wildman–Crippen LogP) is 0.758. The highest BCUT2D eigenvalue weighted by Gasteiger charge is 2.25. The minimum absolute atomic E-state index is 0.124. The van der Waals surface area contributed by atoms with Crippen molar-refractivity contribution in [3.63, 3.8) is 0 Å². The molecule has 3 nitrogen and oxygen atoms in total. The third-order valence-corrected chi connectivity index (χ3v) is 2.07. The predicted molar refractivity (Wildman–Crippen MR) is 51.0 cm³/mol. The van der Waals surface area contributed by atoms with Gasteiger partial charge in [-0.15, -0.1) is 0 Å². The van der Waals surface area contributed by atoms with Crippen LogP contribution in [0.2, 0.25) is 0 Å². The largest absolute Gasteiger partial charge is 0.359 e. The summed E-state index contributed by atoms with van der Waals surface area (Å²) in [6.07, 6.45) is 1.96. The maximum atomic E-state index is 11.3. The van der Waals surface area contributed by atoms with E-state index in [1.54, 1.807) is 7.05 Å². The van der Waals surface area contributed by atoms with Crippen LogP contribution in [0.3, 0.4) is 0 Å². The zero-order chi connectivity index (χ0) is 9.61. The van der Waals surface area contributed by atoms with Gasteiger partial charge >= 0.3 is 0 Å². The van der Waals surface area contributed by atoms with Crippen LogP contribution in [0.25, 0.3) is 0 Å². The van der Waals surface area contributed by atoms with Gasteiger partial charge in [0.05, 0.1) is 0 Å². The molecule has 0 aromatic rings. The summed E-state index contributed by atoms with van der Waals surface area (Å²) < 4.78 is 0. The van der Waals surface area contributed by atoms with Crippen molar-refractivity contribution in [2.45, 2.75) is 26.7 Å². The van der Waals surface area contributed by atoms with Gasteiger partial charge < -0.3 is 10.6 Å². The average Bonchev–Trinajstić information content (AvgIpc) is 2.03. The zero-order valence-corrected chi connectivity index (χ0v) is 8.53. The molecule has 12 heavy (non-hydrogen) atoms. The van der Waals surface area contributed by atoms with E-state index in [1.165, 1.54) is 0 Å². The first kappa shape index (κ1) is 11.4. The van der Waals surface area contributed by atoms with Crippen molar-refractivity contribution in [1.82, 2.24) is 10.6 Å².